The first-order valence-electron chi connectivity index (χ1n) is 16.6. The van der Waals surface area contributed by atoms with Gasteiger partial charge in [-0.2, -0.15) is 0 Å². The lowest BCUT2D eigenvalue weighted by Crippen LogP contribution is -2.50. The summed E-state index contributed by atoms with van der Waals surface area (Å²) in [5.41, 5.74) is 12.0. The quantitative estimate of drug-likeness (QED) is 0.175. The molecule has 1 unspecified atom stereocenters. The molecule has 0 saturated heterocycles. The number of guanidine groups is 1. The summed E-state index contributed by atoms with van der Waals surface area (Å²) in [7, 11) is 3.83. The number of fused-ring (bicyclic) bond motifs is 2. The molecular weight excluding hydrogens is 632 g/mol. The Balaban J connectivity index is 1.15. The second-order valence-corrected chi connectivity index (χ2v) is 12.5. The highest BCUT2D eigenvalue weighted by molar-refractivity contribution is 6.02. The smallest absolute Gasteiger partial charge is 0.321 e. The second-order valence-electron chi connectivity index (χ2n) is 12.5. The van der Waals surface area contributed by atoms with E-state index in [1.165, 1.54) is 5.56 Å². The van der Waals surface area contributed by atoms with Crippen LogP contribution < -0.4 is 36.2 Å². The van der Waals surface area contributed by atoms with E-state index in [9.17, 15) is 14.4 Å². The van der Waals surface area contributed by atoms with Crippen molar-refractivity contribution in [2.75, 3.05) is 48.9 Å². The zero-order valence-corrected chi connectivity index (χ0v) is 28.3. The molecule has 5 N–H and O–H groups in total. The van der Waals surface area contributed by atoms with Crippen molar-refractivity contribution < 1.29 is 19.1 Å². The van der Waals surface area contributed by atoms with E-state index in [0.717, 1.165) is 35.5 Å². The van der Waals surface area contributed by atoms with Crippen molar-refractivity contribution in [3.05, 3.63) is 114 Å². The third-order valence-electron chi connectivity index (χ3n) is 8.75. The molecule has 2 aliphatic heterocycles. The predicted molar refractivity (Wildman–Crippen MR) is 196 cm³/mol. The van der Waals surface area contributed by atoms with E-state index >= 15 is 0 Å². The van der Waals surface area contributed by atoms with E-state index in [1.54, 1.807) is 11.0 Å². The normalized spacial score (nSPS) is 13.8. The SMILES string of the molecule is CN(C)c1ccccc1NC(=O)CN1Cc2ccc(OCCC(C(N)=O)N3CCc4ccccc43)cc2N=C1NC(=O)NCc1ccccc1. The van der Waals surface area contributed by atoms with Gasteiger partial charge in [0, 0.05) is 51.9 Å². The summed E-state index contributed by atoms with van der Waals surface area (Å²) in [5.74, 6) is 0.150. The molecule has 0 spiro atoms. The molecule has 6 rings (SSSR count). The molecule has 0 saturated carbocycles. The second kappa shape index (κ2) is 15.5. The Morgan fingerprint density at radius 2 is 1.68 bits per heavy atom. The number of nitrogens with one attached hydrogen (secondary N) is 3. The molecule has 12 nitrogen and oxygen atoms in total. The van der Waals surface area contributed by atoms with Gasteiger partial charge in [0.25, 0.3) is 0 Å². The molecule has 0 aromatic heterocycles. The van der Waals surface area contributed by atoms with Gasteiger partial charge in [0.2, 0.25) is 17.8 Å². The van der Waals surface area contributed by atoms with Crippen molar-refractivity contribution in [1.82, 2.24) is 15.5 Å². The Labute approximate surface area is 291 Å². The van der Waals surface area contributed by atoms with Crippen LogP contribution in [0.5, 0.6) is 5.75 Å². The van der Waals surface area contributed by atoms with Gasteiger partial charge in [0.1, 0.15) is 18.3 Å². The molecule has 2 aliphatic rings. The van der Waals surface area contributed by atoms with Crippen LogP contribution in [0.15, 0.2) is 102 Å². The predicted octanol–water partition coefficient (Wildman–Crippen LogP) is 4.38. The number of carbonyl (C=O) groups is 3. The Morgan fingerprint density at radius 3 is 2.48 bits per heavy atom. The van der Waals surface area contributed by atoms with Crippen molar-refractivity contribution in [1.29, 1.82) is 0 Å². The van der Waals surface area contributed by atoms with Crippen molar-refractivity contribution in [3.8, 4) is 5.75 Å². The highest BCUT2D eigenvalue weighted by Crippen LogP contribution is 2.32. The van der Waals surface area contributed by atoms with E-state index in [1.807, 2.05) is 104 Å². The summed E-state index contributed by atoms with van der Waals surface area (Å²) in [6, 6.07) is 29.8. The minimum Gasteiger partial charge on any atom is -0.493 e. The van der Waals surface area contributed by atoms with Gasteiger partial charge < -0.3 is 35.8 Å². The fourth-order valence-electron chi connectivity index (χ4n) is 6.26. The number of aliphatic imine (C=N–C) groups is 1. The first kappa shape index (κ1) is 33.8. The van der Waals surface area contributed by atoms with Crippen molar-refractivity contribution in [2.45, 2.75) is 32.0 Å². The molecule has 12 heteroatoms. The molecule has 4 aromatic rings. The Bertz CT molecular complexity index is 1880. The third kappa shape index (κ3) is 8.15. The number of carbonyl (C=O) groups excluding carboxylic acids is 3. The topological polar surface area (TPSA) is 145 Å². The largest absolute Gasteiger partial charge is 0.493 e. The number of amides is 4. The van der Waals surface area contributed by atoms with Crippen LogP contribution in [0.3, 0.4) is 0 Å². The fourth-order valence-corrected chi connectivity index (χ4v) is 6.26. The molecule has 258 valence electrons. The number of nitrogens with zero attached hydrogens (tertiary/aromatic N) is 4. The highest BCUT2D eigenvalue weighted by Gasteiger charge is 2.30. The summed E-state index contributed by atoms with van der Waals surface area (Å²) >= 11 is 0. The summed E-state index contributed by atoms with van der Waals surface area (Å²) in [6.45, 7) is 1.60. The van der Waals surface area contributed by atoms with Gasteiger partial charge in [-0.25, -0.2) is 9.79 Å². The number of nitrogens with two attached hydrogens (primary N) is 1. The number of anilines is 3. The van der Waals surface area contributed by atoms with Crippen LogP contribution in [0.1, 0.15) is 23.1 Å². The number of hydrogen-bond donors (Lipinski definition) is 4. The van der Waals surface area contributed by atoms with Gasteiger partial charge in [-0.05, 0) is 47.4 Å². The summed E-state index contributed by atoms with van der Waals surface area (Å²) in [5, 5.41) is 8.71. The molecule has 4 aromatic carbocycles. The summed E-state index contributed by atoms with van der Waals surface area (Å²) in [6.07, 6.45) is 1.28. The average Bonchev–Trinajstić information content (AvgIpc) is 3.53. The van der Waals surface area contributed by atoms with Crippen LogP contribution in [0, 0.1) is 0 Å². The van der Waals surface area contributed by atoms with Crippen LogP contribution >= 0.6 is 0 Å². The Hall–Kier alpha value is -6.04. The molecule has 0 radical (unpaired) electrons. The minimum atomic E-state index is -0.496. The number of rotatable bonds is 12. The lowest BCUT2D eigenvalue weighted by atomic mass is 10.1. The molecule has 0 fully saturated rings. The van der Waals surface area contributed by atoms with E-state index in [2.05, 4.69) is 26.9 Å². The standard InChI is InChI=1S/C38H42N8O4/c1-44(2)33-15-9-7-13-30(33)41-35(47)25-45-24-28-16-17-29(22-31(28)42-37(45)43-38(49)40-23-26-10-4-3-5-11-26)50-21-19-34(36(39)48)46-20-18-27-12-6-8-14-32(27)46/h3-17,22,34H,18-21,23-25H2,1-2H3,(H2,39,48)(H,41,47)(H2,40,42,43,49). The van der Waals surface area contributed by atoms with Crippen molar-refractivity contribution in [2.24, 2.45) is 10.7 Å². The van der Waals surface area contributed by atoms with Crippen LogP contribution in [-0.4, -0.2) is 68.5 Å². The monoisotopic (exact) mass is 674 g/mol. The highest BCUT2D eigenvalue weighted by atomic mass is 16.5. The lowest BCUT2D eigenvalue weighted by molar-refractivity contribution is -0.119. The Morgan fingerprint density at radius 1 is 0.920 bits per heavy atom. The summed E-state index contributed by atoms with van der Waals surface area (Å²) < 4.78 is 6.11. The van der Waals surface area contributed by atoms with Gasteiger partial charge in [0.15, 0.2) is 0 Å². The van der Waals surface area contributed by atoms with Gasteiger partial charge >= 0.3 is 6.03 Å². The molecule has 2 heterocycles. The van der Waals surface area contributed by atoms with Crippen molar-refractivity contribution in [3.63, 3.8) is 0 Å². The molecule has 0 bridgehead atoms. The minimum absolute atomic E-state index is 0.0502. The van der Waals surface area contributed by atoms with E-state index in [0.29, 0.717) is 36.6 Å². The first-order valence-corrected chi connectivity index (χ1v) is 16.6. The maximum Gasteiger partial charge on any atom is 0.321 e. The van der Waals surface area contributed by atoms with Crippen LogP contribution in [0.25, 0.3) is 0 Å². The van der Waals surface area contributed by atoms with Crippen LogP contribution in [-0.2, 0) is 29.1 Å². The van der Waals surface area contributed by atoms with E-state index in [4.69, 9.17) is 15.5 Å². The van der Waals surface area contributed by atoms with E-state index in [-0.39, 0.29) is 25.0 Å². The lowest BCUT2D eigenvalue weighted by Gasteiger charge is -2.30. The fraction of sp³-hybridized carbons (Fsp3) is 0.263. The number of hydrogen-bond acceptors (Lipinski definition) is 8. The Kier molecular flexibility index (Phi) is 10.5. The van der Waals surface area contributed by atoms with Crippen LogP contribution in [0.2, 0.25) is 0 Å². The first-order chi connectivity index (χ1) is 24.2. The maximum absolute atomic E-state index is 13.3. The van der Waals surface area contributed by atoms with Gasteiger partial charge in [-0.1, -0.05) is 66.7 Å². The zero-order chi connectivity index (χ0) is 35.0. The van der Waals surface area contributed by atoms with Gasteiger partial charge in [-0.15, -0.1) is 0 Å². The number of primary amides is 1. The van der Waals surface area contributed by atoms with Gasteiger partial charge in [0.05, 0.1) is 23.7 Å². The number of urea groups is 1. The molecule has 1 atom stereocenters. The van der Waals surface area contributed by atoms with Crippen molar-refractivity contribution >= 4 is 46.6 Å². The summed E-state index contributed by atoms with van der Waals surface area (Å²) in [4.78, 5) is 49.3. The molecule has 4 amide bonds. The third-order valence-corrected chi connectivity index (χ3v) is 8.75. The van der Waals surface area contributed by atoms with E-state index < -0.39 is 18.0 Å². The molecule has 0 aliphatic carbocycles. The maximum atomic E-state index is 13.3. The number of para-hydroxylation sites is 3. The zero-order valence-electron chi connectivity index (χ0n) is 28.3. The number of benzene rings is 4. The number of ether oxygens (including phenoxy) is 1. The van der Waals surface area contributed by atoms with Gasteiger partial charge in [-0.3, -0.25) is 14.9 Å². The molecule has 50 heavy (non-hydrogen) atoms. The molecular formula is C38H42N8O4. The average molecular weight is 675 g/mol. The van der Waals surface area contributed by atoms with Crippen LogP contribution in [0.4, 0.5) is 27.5 Å².